The van der Waals surface area contributed by atoms with E-state index in [1.54, 1.807) is 0 Å². The Bertz CT molecular complexity index is 306. The lowest BCUT2D eigenvalue weighted by atomic mass is 9.87. The highest BCUT2D eigenvalue weighted by Crippen LogP contribution is 2.40. The maximum Gasteiger partial charge on any atom is 0.239 e. The van der Waals surface area contributed by atoms with E-state index < -0.39 is 5.54 Å². The van der Waals surface area contributed by atoms with Crippen molar-refractivity contribution in [3.63, 3.8) is 0 Å². The summed E-state index contributed by atoms with van der Waals surface area (Å²) in [7, 11) is 1.87. The summed E-state index contributed by atoms with van der Waals surface area (Å²) in [4.78, 5) is 14.3. The number of hydrogen-bond acceptors (Lipinski definition) is 3. The van der Waals surface area contributed by atoms with Crippen LogP contribution in [0.2, 0.25) is 0 Å². The minimum Gasteiger partial charge on any atom is -0.368 e. The smallest absolute Gasteiger partial charge is 0.239 e. The van der Waals surface area contributed by atoms with Gasteiger partial charge in [-0.3, -0.25) is 4.79 Å². The lowest BCUT2D eigenvalue weighted by Crippen LogP contribution is -2.63. The molecule has 0 aromatic carbocycles. The summed E-state index contributed by atoms with van der Waals surface area (Å²) in [6.07, 6.45) is 3.55. The summed E-state index contributed by atoms with van der Waals surface area (Å²) in [6, 6.07) is 0. The van der Waals surface area contributed by atoms with Gasteiger partial charge in [0.05, 0.1) is 0 Å². The Hall–Kier alpha value is -0.610. The molecule has 3 unspecified atom stereocenters. The van der Waals surface area contributed by atoms with Gasteiger partial charge < -0.3 is 16.0 Å². The van der Waals surface area contributed by atoms with Crippen LogP contribution in [0.3, 0.4) is 0 Å². The second-order valence-corrected chi connectivity index (χ2v) is 6.50. The zero-order valence-corrected chi connectivity index (χ0v) is 11.9. The Morgan fingerprint density at radius 1 is 1.33 bits per heavy atom. The van der Waals surface area contributed by atoms with Crippen LogP contribution in [0.4, 0.5) is 0 Å². The van der Waals surface area contributed by atoms with E-state index in [0.29, 0.717) is 5.92 Å². The molecule has 3 atom stereocenters. The molecule has 4 heteroatoms. The topological polar surface area (TPSA) is 58.4 Å². The molecule has 3 N–H and O–H groups in total. The predicted octanol–water partition coefficient (Wildman–Crippen LogP) is 0.818. The average molecular weight is 253 g/mol. The van der Waals surface area contributed by atoms with E-state index in [2.05, 4.69) is 24.1 Å². The lowest BCUT2D eigenvalue weighted by molar-refractivity contribution is -0.126. The first-order valence-electron chi connectivity index (χ1n) is 7.19. The molecule has 1 saturated carbocycles. The Balaban J connectivity index is 2.06. The van der Waals surface area contributed by atoms with Crippen LogP contribution < -0.4 is 11.1 Å². The molecule has 1 aliphatic heterocycles. The quantitative estimate of drug-likeness (QED) is 0.762. The van der Waals surface area contributed by atoms with Crippen molar-refractivity contribution in [1.29, 1.82) is 0 Å². The molecule has 2 rings (SSSR count). The number of amides is 1. The van der Waals surface area contributed by atoms with Crippen LogP contribution in [0.15, 0.2) is 0 Å². The second kappa shape index (κ2) is 5.17. The van der Waals surface area contributed by atoms with Crippen molar-refractivity contribution < 1.29 is 4.79 Å². The molecule has 1 saturated heterocycles. The summed E-state index contributed by atoms with van der Waals surface area (Å²) in [5.41, 5.74) is 5.18. The van der Waals surface area contributed by atoms with Gasteiger partial charge in [-0.2, -0.15) is 0 Å². The first kappa shape index (κ1) is 13.8. The number of likely N-dealkylation sites (N-methyl/N-ethyl adjacent to an activating group) is 1. The van der Waals surface area contributed by atoms with Gasteiger partial charge in [0.15, 0.2) is 0 Å². The van der Waals surface area contributed by atoms with Gasteiger partial charge in [0.1, 0.15) is 5.54 Å². The number of primary amides is 1. The van der Waals surface area contributed by atoms with Crippen molar-refractivity contribution in [3.05, 3.63) is 0 Å². The molecular weight excluding hydrogens is 226 g/mol. The summed E-state index contributed by atoms with van der Waals surface area (Å²) in [5.74, 6) is 1.69. The third kappa shape index (κ3) is 2.69. The van der Waals surface area contributed by atoms with Crippen LogP contribution in [0.25, 0.3) is 0 Å². The first-order chi connectivity index (χ1) is 8.48. The fourth-order valence-electron chi connectivity index (χ4n) is 3.66. The van der Waals surface area contributed by atoms with Gasteiger partial charge >= 0.3 is 0 Å². The van der Waals surface area contributed by atoms with E-state index in [9.17, 15) is 4.79 Å². The highest BCUT2D eigenvalue weighted by Gasteiger charge is 2.50. The van der Waals surface area contributed by atoms with Crippen LogP contribution >= 0.6 is 0 Å². The highest BCUT2D eigenvalue weighted by atomic mass is 16.1. The Kier molecular flexibility index (Phi) is 3.97. The molecule has 1 aliphatic carbocycles. The zero-order valence-electron chi connectivity index (χ0n) is 11.9. The molecule has 0 aromatic rings. The fourth-order valence-corrected chi connectivity index (χ4v) is 3.66. The van der Waals surface area contributed by atoms with Gasteiger partial charge in [0.2, 0.25) is 5.91 Å². The van der Waals surface area contributed by atoms with Crippen LogP contribution in [-0.2, 0) is 4.79 Å². The number of carbonyl (C=O) groups is 1. The lowest BCUT2D eigenvalue weighted by Gasteiger charge is -2.41. The third-order valence-corrected chi connectivity index (χ3v) is 4.58. The van der Waals surface area contributed by atoms with Gasteiger partial charge in [-0.1, -0.05) is 13.8 Å². The first-order valence-corrected chi connectivity index (χ1v) is 7.19. The molecule has 1 amide bonds. The van der Waals surface area contributed by atoms with E-state index in [-0.39, 0.29) is 5.91 Å². The largest absolute Gasteiger partial charge is 0.368 e. The van der Waals surface area contributed by atoms with E-state index in [1.807, 2.05) is 7.05 Å². The number of nitrogens with two attached hydrogens (primary N) is 1. The predicted molar refractivity (Wildman–Crippen MR) is 73.1 cm³/mol. The van der Waals surface area contributed by atoms with Crippen molar-refractivity contribution in [1.82, 2.24) is 10.2 Å². The molecule has 0 radical (unpaired) electrons. The van der Waals surface area contributed by atoms with E-state index in [1.165, 1.54) is 6.42 Å². The van der Waals surface area contributed by atoms with Crippen molar-refractivity contribution in [2.75, 3.05) is 26.7 Å². The molecule has 2 aliphatic rings. The van der Waals surface area contributed by atoms with Crippen LogP contribution in [-0.4, -0.2) is 43.0 Å². The molecular formula is C14H27N3O. The van der Waals surface area contributed by atoms with Crippen LogP contribution in [0.1, 0.15) is 33.1 Å². The molecule has 2 fully saturated rings. The summed E-state index contributed by atoms with van der Waals surface area (Å²) < 4.78 is 0. The van der Waals surface area contributed by atoms with E-state index in [4.69, 9.17) is 5.73 Å². The highest BCUT2D eigenvalue weighted by molar-refractivity contribution is 5.86. The Morgan fingerprint density at radius 3 is 2.28 bits per heavy atom. The number of hydrogen-bond donors (Lipinski definition) is 2. The minimum absolute atomic E-state index is 0.182. The average Bonchev–Trinajstić information content (AvgIpc) is 3.08. The molecule has 0 spiro atoms. The number of likely N-dealkylation sites (tertiary alicyclic amines) is 1. The molecule has 4 nitrogen and oxygen atoms in total. The normalized spacial score (nSPS) is 33.1. The number of nitrogens with zero attached hydrogens (tertiary/aromatic N) is 1. The molecule has 0 bridgehead atoms. The SMILES string of the molecule is CNC(CN1CC(C)CC(C)C1)(C(N)=O)C1CC1. The monoisotopic (exact) mass is 253 g/mol. The minimum atomic E-state index is -0.503. The Morgan fingerprint density at radius 2 is 1.89 bits per heavy atom. The molecule has 104 valence electrons. The van der Waals surface area contributed by atoms with Crippen molar-refractivity contribution >= 4 is 5.91 Å². The van der Waals surface area contributed by atoms with Crippen molar-refractivity contribution in [3.8, 4) is 0 Å². The van der Waals surface area contributed by atoms with Gasteiger partial charge in [0.25, 0.3) is 0 Å². The molecule has 18 heavy (non-hydrogen) atoms. The van der Waals surface area contributed by atoms with E-state index >= 15 is 0 Å². The van der Waals surface area contributed by atoms with Gasteiger partial charge in [-0.15, -0.1) is 0 Å². The number of nitrogens with one attached hydrogen (secondary N) is 1. The van der Waals surface area contributed by atoms with Crippen molar-refractivity contribution in [2.24, 2.45) is 23.5 Å². The standard InChI is InChI=1S/C14H27N3O/c1-10-6-11(2)8-17(7-10)9-14(16-3,13(15)18)12-4-5-12/h10-12,16H,4-9H2,1-3H3,(H2,15,18). The molecule has 1 heterocycles. The third-order valence-electron chi connectivity index (χ3n) is 4.58. The van der Waals surface area contributed by atoms with E-state index in [0.717, 1.165) is 44.3 Å². The van der Waals surface area contributed by atoms with Gasteiger partial charge in [0, 0.05) is 19.6 Å². The summed E-state index contributed by atoms with van der Waals surface area (Å²) in [5, 5.41) is 3.24. The van der Waals surface area contributed by atoms with Crippen LogP contribution in [0, 0.1) is 17.8 Å². The summed E-state index contributed by atoms with van der Waals surface area (Å²) in [6.45, 7) is 7.55. The van der Waals surface area contributed by atoms with Crippen LogP contribution in [0.5, 0.6) is 0 Å². The zero-order chi connectivity index (χ0) is 13.3. The maximum absolute atomic E-state index is 11.9. The number of carbonyl (C=O) groups excluding carboxylic acids is 1. The molecule has 0 aromatic heterocycles. The number of piperidine rings is 1. The maximum atomic E-state index is 11.9. The fraction of sp³-hybridized carbons (Fsp3) is 0.929. The summed E-state index contributed by atoms with van der Waals surface area (Å²) >= 11 is 0. The number of rotatable bonds is 5. The van der Waals surface area contributed by atoms with Crippen molar-refractivity contribution in [2.45, 2.75) is 38.6 Å². The second-order valence-electron chi connectivity index (χ2n) is 6.50. The Labute approximate surface area is 110 Å². The van der Waals surface area contributed by atoms with Gasteiger partial charge in [-0.05, 0) is 44.1 Å². The van der Waals surface area contributed by atoms with Gasteiger partial charge in [-0.25, -0.2) is 0 Å².